The molecule has 0 radical (unpaired) electrons. The number of ether oxygens (including phenoxy) is 1. The first-order valence-electron chi connectivity index (χ1n) is 3.21. The van der Waals surface area contributed by atoms with Crippen LogP contribution in [0.15, 0.2) is 0 Å². The van der Waals surface area contributed by atoms with Gasteiger partial charge in [-0.15, -0.1) is 0 Å². The molecular formula is C7H11O4+. The average Bonchev–Trinajstić information content (AvgIpc) is 2.05. The zero-order chi connectivity index (χ0) is 8.85. The number of esters is 1. The fourth-order valence-electron chi connectivity index (χ4n) is 0.672. The lowest BCUT2D eigenvalue weighted by Gasteiger charge is -1.99. The highest BCUT2D eigenvalue weighted by Gasteiger charge is 2.35. The van der Waals surface area contributed by atoms with Crippen molar-refractivity contribution in [2.45, 2.75) is 13.3 Å². The Balaban J connectivity index is 4.27. The molecule has 4 nitrogen and oxygen atoms in total. The Labute approximate surface area is 64.8 Å². The van der Waals surface area contributed by atoms with Gasteiger partial charge in [-0.05, 0) is 6.42 Å². The van der Waals surface area contributed by atoms with Crippen LogP contribution < -0.4 is 0 Å². The highest BCUT2D eigenvalue weighted by Crippen LogP contribution is 2.04. The molecule has 0 fully saturated rings. The maximum atomic E-state index is 10.8. The van der Waals surface area contributed by atoms with E-state index in [1.165, 1.54) is 7.11 Å². The van der Waals surface area contributed by atoms with Crippen LogP contribution in [0.25, 0.3) is 0 Å². The van der Waals surface area contributed by atoms with E-state index in [1.807, 2.05) is 0 Å². The molecule has 62 valence electrons. The van der Waals surface area contributed by atoms with Gasteiger partial charge in [-0.1, -0.05) is 6.92 Å². The molecule has 11 heavy (non-hydrogen) atoms. The van der Waals surface area contributed by atoms with Crippen molar-refractivity contribution in [1.29, 1.82) is 0 Å². The Morgan fingerprint density at radius 1 is 1.64 bits per heavy atom. The largest absolute Gasteiger partial charge is 0.593 e. The summed E-state index contributed by atoms with van der Waals surface area (Å²) in [4.78, 5) is 21.6. The monoisotopic (exact) mass is 159 g/mol. The minimum atomic E-state index is -0.836. The molecule has 0 saturated carbocycles. The minimum Gasteiger partial charge on any atom is -0.468 e. The third-order valence-electron chi connectivity index (χ3n) is 1.32. The van der Waals surface area contributed by atoms with Crippen LogP contribution in [0, 0.1) is 5.92 Å². The highest BCUT2D eigenvalue weighted by molar-refractivity contribution is 5.93. The number of hydrogen-bond acceptors (Lipinski definition) is 3. The van der Waals surface area contributed by atoms with Crippen molar-refractivity contribution >= 4 is 18.7 Å². The molecule has 0 spiro atoms. The van der Waals surface area contributed by atoms with E-state index in [2.05, 4.69) is 16.0 Å². The Morgan fingerprint density at radius 3 is 2.45 bits per heavy atom. The molecule has 0 bridgehead atoms. The summed E-state index contributed by atoms with van der Waals surface area (Å²) in [5.41, 5.74) is 0. The van der Waals surface area contributed by atoms with Crippen LogP contribution in [-0.4, -0.2) is 25.8 Å². The van der Waals surface area contributed by atoms with Crippen molar-refractivity contribution < 1.29 is 18.8 Å². The Kier molecular flexibility index (Phi) is 4.10. The quantitative estimate of drug-likeness (QED) is 0.333. The maximum absolute atomic E-state index is 10.8. The van der Waals surface area contributed by atoms with E-state index in [0.717, 1.165) is 0 Å². The van der Waals surface area contributed by atoms with E-state index in [-0.39, 0.29) is 0 Å². The molecule has 0 aliphatic rings. The van der Waals surface area contributed by atoms with Crippen LogP contribution in [0.4, 0.5) is 0 Å². The molecule has 0 N–H and O–H groups in total. The zero-order valence-electron chi connectivity index (χ0n) is 6.62. The molecule has 0 heterocycles. The van der Waals surface area contributed by atoms with Crippen LogP contribution >= 0.6 is 0 Å². The third-order valence-corrected chi connectivity index (χ3v) is 1.32. The summed E-state index contributed by atoms with van der Waals surface area (Å²) in [6.07, 6.45) is 0.362. The van der Waals surface area contributed by atoms with Gasteiger partial charge >= 0.3 is 11.9 Å². The average molecular weight is 159 g/mol. The summed E-state index contributed by atoms with van der Waals surface area (Å²) in [5.74, 6) is -2.07. The first kappa shape index (κ1) is 9.81. The Hall–Kier alpha value is -1.19. The smallest absolute Gasteiger partial charge is 0.468 e. The molecule has 1 atom stereocenters. The molecule has 4 heteroatoms. The van der Waals surface area contributed by atoms with Crippen LogP contribution in [0.5, 0.6) is 0 Å². The first-order chi connectivity index (χ1) is 5.17. The summed E-state index contributed by atoms with van der Waals surface area (Å²) >= 11 is 0. The van der Waals surface area contributed by atoms with Crippen LogP contribution in [-0.2, 0) is 18.8 Å². The lowest BCUT2D eigenvalue weighted by Crippen LogP contribution is -2.24. The van der Waals surface area contributed by atoms with Gasteiger partial charge in [0, 0.05) is 4.79 Å². The standard InChI is InChI=1S/C7H11O4/c1-4-5(6(8)10-2)7(9)11-3/h5H,2,4H2,1,3H3/q+1. The number of carbonyl (C=O) groups is 2. The van der Waals surface area contributed by atoms with Crippen molar-refractivity contribution in [3.05, 3.63) is 0 Å². The van der Waals surface area contributed by atoms with E-state index in [9.17, 15) is 9.59 Å². The molecule has 0 aliphatic carbocycles. The summed E-state index contributed by atoms with van der Waals surface area (Å²) in [7, 11) is 1.22. The summed E-state index contributed by atoms with van der Waals surface area (Å²) in [6, 6.07) is 0. The van der Waals surface area contributed by atoms with Gasteiger partial charge in [0.25, 0.3) is 0 Å². The fraction of sp³-hybridized carbons (Fsp3) is 0.571. The zero-order valence-corrected chi connectivity index (χ0v) is 6.62. The van der Waals surface area contributed by atoms with Crippen LogP contribution in [0.1, 0.15) is 13.3 Å². The summed E-state index contributed by atoms with van der Waals surface area (Å²) < 4.78 is 8.50. The Morgan fingerprint density at radius 2 is 2.18 bits per heavy atom. The number of carbonyl (C=O) groups excluding carboxylic acids is 3. The molecule has 0 aliphatic heterocycles. The first-order valence-corrected chi connectivity index (χ1v) is 3.21. The van der Waals surface area contributed by atoms with E-state index in [1.54, 1.807) is 6.92 Å². The topological polar surface area (TPSA) is 54.7 Å². The van der Waals surface area contributed by atoms with Gasteiger partial charge in [0.2, 0.25) is 5.92 Å². The van der Waals surface area contributed by atoms with E-state index < -0.39 is 17.9 Å². The van der Waals surface area contributed by atoms with Gasteiger partial charge in [0.05, 0.1) is 7.11 Å². The van der Waals surface area contributed by atoms with Gasteiger partial charge in [0.1, 0.15) is 0 Å². The summed E-state index contributed by atoms with van der Waals surface area (Å²) in [5, 5.41) is 0. The third kappa shape index (κ3) is 2.49. The molecule has 0 aromatic carbocycles. The number of methoxy groups -OCH3 is 1. The van der Waals surface area contributed by atoms with Crippen LogP contribution in [0.3, 0.4) is 0 Å². The molecule has 0 saturated heterocycles. The predicted molar refractivity (Wildman–Crippen MR) is 37.9 cm³/mol. The Bertz CT molecular complexity index is 173. The van der Waals surface area contributed by atoms with Gasteiger partial charge in [-0.2, -0.15) is 0 Å². The second-order valence-corrected chi connectivity index (χ2v) is 1.95. The summed E-state index contributed by atoms with van der Waals surface area (Å²) in [6.45, 7) is 4.61. The highest BCUT2D eigenvalue weighted by atomic mass is 16.5. The fourth-order valence-corrected chi connectivity index (χ4v) is 0.672. The SMILES string of the molecule is C=[O+]C(=O)C(CC)C(=O)OC. The van der Waals surface area contributed by atoms with Crippen molar-refractivity contribution in [2.75, 3.05) is 7.11 Å². The lowest BCUT2D eigenvalue weighted by atomic mass is 10.1. The second kappa shape index (κ2) is 4.60. The van der Waals surface area contributed by atoms with Gasteiger partial charge in [-0.3, -0.25) is 9.22 Å². The van der Waals surface area contributed by atoms with E-state index in [0.29, 0.717) is 6.42 Å². The second-order valence-electron chi connectivity index (χ2n) is 1.95. The molecule has 0 aromatic heterocycles. The van der Waals surface area contributed by atoms with Gasteiger partial charge in [0.15, 0.2) is 6.79 Å². The van der Waals surface area contributed by atoms with Crippen molar-refractivity contribution in [2.24, 2.45) is 5.92 Å². The van der Waals surface area contributed by atoms with Crippen molar-refractivity contribution in [3.63, 3.8) is 0 Å². The predicted octanol–water partition coefficient (Wildman–Crippen LogP) is 0.0766. The molecule has 0 rings (SSSR count). The molecule has 0 aromatic rings. The van der Waals surface area contributed by atoms with Crippen molar-refractivity contribution in [1.82, 2.24) is 0 Å². The van der Waals surface area contributed by atoms with Gasteiger partial charge < -0.3 is 4.74 Å². The molecule has 1 unspecified atom stereocenters. The maximum Gasteiger partial charge on any atom is 0.593 e. The van der Waals surface area contributed by atoms with Gasteiger partial charge in [-0.25, -0.2) is 0 Å². The van der Waals surface area contributed by atoms with E-state index in [4.69, 9.17) is 0 Å². The molecule has 0 amide bonds. The van der Waals surface area contributed by atoms with Crippen LogP contribution in [0.2, 0.25) is 0 Å². The normalized spacial score (nSPS) is 11.8. The molecular weight excluding hydrogens is 148 g/mol. The van der Waals surface area contributed by atoms with Crippen molar-refractivity contribution in [3.8, 4) is 0 Å². The minimum absolute atomic E-state index is 0.362. The van der Waals surface area contributed by atoms with E-state index >= 15 is 0 Å². The number of rotatable bonds is 3. The number of hydrogen-bond donors (Lipinski definition) is 0. The lowest BCUT2D eigenvalue weighted by molar-refractivity contribution is -0.372.